The number of ether oxygens (including phenoxy) is 1. The monoisotopic (exact) mass is 213 g/mol. The lowest BCUT2D eigenvalue weighted by molar-refractivity contribution is -0.127. The number of hydrogen-bond acceptors (Lipinski definition) is 2. The molecule has 0 amide bonds. The summed E-state index contributed by atoms with van der Waals surface area (Å²) in [5, 5.41) is 3.53. The van der Waals surface area contributed by atoms with Gasteiger partial charge in [-0.15, -0.1) is 0 Å². The highest BCUT2D eigenvalue weighted by Crippen LogP contribution is 2.36. The fourth-order valence-corrected chi connectivity index (χ4v) is 2.37. The molecule has 0 aromatic rings. The summed E-state index contributed by atoms with van der Waals surface area (Å²) in [5.74, 6) is 0. The molecular weight excluding hydrogens is 186 g/mol. The van der Waals surface area contributed by atoms with Gasteiger partial charge in [0.1, 0.15) is 0 Å². The van der Waals surface area contributed by atoms with Crippen molar-refractivity contribution >= 4 is 0 Å². The fraction of sp³-hybridized carbons (Fsp3) is 1.00. The maximum atomic E-state index is 6.27. The van der Waals surface area contributed by atoms with E-state index in [1.807, 2.05) is 0 Å². The van der Waals surface area contributed by atoms with Crippen molar-refractivity contribution in [1.29, 1.82) is 0 Å². The highest BCUT2D eigenvalue weighted by Gasteiger charge is 2.37. The third-order valence-corrected chi connectivity index (χ3v) is 2.87. The van der Waals surface area contributed by atoms with E-state index in [4.69, 9.17) is 4.74 Å². The Balaban J connectivity index is 2.54. The van der Waals surface area contributed by atoms with Crippen LogP contribution in [0.3, 0.4) is 0 Å². The smallest absolute Gasteiger partial charge is 0.0813 e. The molecule has 1 fully saturated rings. The van der Waals surface area contributed by atoms with Crippen LogP contribution >= 0.6 is 0 Å². The first-order chi connectivity index (χ1) is 6.83. The third-order valence-electron chi connectivity index (χ3n) is 2.87. The second-order valence-electron chi connectivity index (χ2n) is 6.14. The average Bonchev–Trinajstić information content (AvgIpc) is 2.47. The van der Waals surface area contributed by atoms with Crippen LogP contribution < -0.4 is 5.32 Å². The van der Waals surface area contributed by atoms with E-state index in [2.05, 4.69) is 39.9 Å². The first kappa shape index (κ1) is 13.0. The molecule has 90 valence electrons. The Hall–Kier alpha value is -0.0800. The van der Waals surface area contributed by atoms with E-state index in [0.29, 0.717) is 6.04 Å². The van der Waals surface area contributed by atoms with E-state index in [0.717, 1.165) is 6.54 Å². The lowest BCUT2D eigenvalue weighted by atomic mass is 9.99. The summed E-state index contributed by atoms with van der Waals surface area (Å²) >= 11 is 0. The fourth-order valence-electron chi connectivity index (χ4n) is 2.37. The van der Waals surface area contributed by atoms with Crippen molar-refractivity contribution in [2.75, 3.05) is 6.54 Å². The maximum Gasteiger partial charge on any atom is 0.0813 e. The minimum atomic E-state index is -0.0248. The first-order valence-electron chi connectivity index (χ1n) is 6.27. The number of hydrogen-bond donors (Lipinski definition) is 1. The van der Waals surface area contributed by atoms with Gasteiger partial charge in [0.05, 0.1) is 11.2 Å². The molecule has 1 saturated carbocycles. The molecule has 2 nitrogen and oxygen atoms in total. The summed E-state index contributed by atoms with van der Waals surface area (Å²) in [6.45, 7) is 11.9. The van der Waals surface area contributed by atoms with Gasteiger partial charge in [0.25, 0.3) is 0 Å². The highest BCUT2D eigenvalue weighted by molar-refractivity contribution is 4.91. The molecule has 0 bridgehead atoms. The van der Waals surface area contributed by atoms with Gasteiger partial charge in [-0.1, -0.05) is 26.7 Å². The molecule has 0 unspecified atom stereocenters. The van der Waals surface area contributed by atoms with Crippen LogP contribution in [0.2, 0.25) is 0 Å². The third kappa shape index (κ3) is 4.52. The summed E-state index contributed by atoms with van der Waals surface area (Å²) in [6.07, 6.45) is 5.06. The van der Waals surface area contributed by atoms with Gasteiger partial charge in [-0.25, -0.2) is 0 Å². The van der Waals surface area contributed by atoms with Crippen LogP contribution in [-0.2, 0) is 4.74 Å². The van der Waals surface area contributed by atoms with E-state index < -0.39 is 0 Å². The standard InChI is InChI=1S/C13H27NO/c1-11(2)14-10-13(8-6-7-9-13)15-12(3,4)5/h11,14H,6-10H2,1-5H3. The highest BCUT2D eigenvalue weighted by atomic mass is 16.5. The molecule has 1 aliphatic carbocycles. The molecule has 0 radical (unpaired) electrons. The zero-order valence-corrected chi connectivity index (χ0v) is 11.0. The van der Waals surface area contributed by atoms with E-state index >= 15 is 0 Å². The van der Waals surface area contributed by atoms with Gasteiger partial charge in [0.2, 0.25) is 0 Å². The van der Waals surface area contributed by atoms with Gasteiger partial charge in [-0.05, 0) is 33.6 Å². The van der Waals surface area contributed by atoms with E-state index in [1.165, 1.54) is 25.7 Å². The molecule has 0 heterocycles. The minimum Gasteiger partial charge on any atom is -0.368 e. The zero-order chi connectivity index (χ0) is 11.5. The van der Waals surface area contributed by atoms with Crippen LogP contribution in [-0.4, -0.2) is 23.8 Å². The first-order valence-corrected chi connectivity index (χ1v) is 6.27. The minimum absolute atomic E-state index is 0.0248. The van der Waals surface area contributed by atoms with Crippen LogP contribution in [0.25, 0.3) is 0 Å². The quantitative estimate of drug-likeness (QED) is 0.775. The van der Waals surface area contributed by atoms with Gasteiger partial charge in [0, 0.05) is 12.6 Å². The normalized spacial score (nSPS) is 21.2. The van der Waals surface area contributed by atoms with Crippen molar-refractivity contribution in [2.24, 2.45) is 0 Å². The summed E-state index contributed by atoms with van der Waals surface area (Å²) < 4.78 is 6.27. The Labute approximate surface area is 94.8 Å². The van der Waals surface area contributed by atoms with Crippen molar-refractivity contribution in [1.82, 2.24) is 5.32 Å². The summed E-state index contributed by atoms with van der Waals surface area (Å²) in [4.78, 5) is 0. The summed E-state index contributed by atoms with van der Waals surface area (Å²) in [6, 6.07) is 0.547. The average molecular weight is 213 g/mol. The molecule has 1 N–H and O–H groups in total. The van der Waals surface area contributed by atoms with Gasteiger partial charge >= 0.3 is 0 Å². The van der Waals surface area contributed by atoms with Crippen molar-refractivity contribution in [2.45, 2.75) is 77.5 Å². The number of nitrogens with one attached hydrogen (secondary N) is 1. The molecule has 0 aromatic carbocycles. The molecule has 0 saturated heterocycles. The summed E-state index contributed by atoms with van der Waals surface area (Å²) in [5.41, 5.74) is 0.0749. The van der Waals surface area contributed by atoms with Crippen LogP contribution in [0, 0.1) is 0 Å². The zero-order valence-electron chi connectivity index (χ0n) is 11.0. The molecule has 0 aliphatic heterocycles. The molecule has 2 heteroatoms. The molecule has 1 aliphatic rings. The topological polar surface area (TPSA) is 21.3 Å². The van der Waals surface area contributed by atoms with Gasteiger partial charge in [-0.2, -0.15) is 0 Å². The maximum absolute atomic E-state index is 6.27. The van der Waals surface area contributed by atoms with E-state index in [-0.39, 0.29) is 11.2 Å². The van der Waals surface area contributed by atoms with Crippen LogP contribution in [0.4, 0.5) is 0 Å². The molecule has 15 heavy (non-hydrogen) atoms. The lowest BCUT2D eigenvalue weighted by Gasteiger charge is -2.37. The second kappa shape index (κ2) is 4.84. The SMILES string of the molecule is CC(C)NCC1(OC(C)(C)C)CCCC1. The molecular formula is C13H27NO. The van der Waals surface area contributed by atoms with Crippen molar-refractivity contribution in [3.05, 3.63) is 0 Å². The van der Waals surface area contributed by atoms with Crippen molar-refractivity contribution in [3.63, 3.8) is 0 Å². The largest absolute Gasteiger partial charge is 0.368 e. The second-order valence-corrected chi connectivity index (χ2v) is 6.14. The van der Waals surface area contributed by atoms with Gasteiger partial charge < -0.3 is 10.1 Å². The van der Waals surface area contributed by atoms with Crippen LogP contribution in [0.15, 0.2) is 0 Å². The van der Waals surface area contributed by atoms with E-state index in [9.17, 15) is 0 Å². The van der Waals surface area contributed by atoms with E-state index in [1.54, 1.807) is 0 Å². The van der Waals surface area contributed by atoms with Crippen LogP contribution in [0.5, 0.6) is 0 Å². The Morgan fingerprint density at radius 3 is 2.13 bits per heavy atom. The Bertz CT molecular complexity index is 187. The molecule has 0 aromatic heterocycles. The predicted molar refractivity (Wildman–Crippen MR) is 65.2 cm³/mol. The van der Waals surface area contributed by atoms with Crippen LogP contribution in [0.1, 0.15) is 60.3 Å². The lowest BCUT2D eigenvalue weighted by Crippen LogP contribution is -2.47. The Morgan fingerprint density at radius 1 is 1.20 bits per heavy atom. The van der Waals surface area contributed by atoms with Crippen molar-refractivity contribution < 1.29 is 4.74 Å². The Morgan fingerprint density at radius 2 is 1.73 bits per heavy atom. The Kier molecular flexibility index (Phi) is 4.19. The van der Waals surface area contributed by atoms with Gasteiger partial charge in [-0.3, -0.25) is 0 Å². The summed E-state index contributed by atoms with van der Waals surface area (Å²) in [7, 11) is 0. The number of rotatable bonds is 4. The molecule has 1 rings (SSSR count). The van der Waals surface area contributed by atoms with Crippen molar-refractivity contribution in [3.8, 4) is 0 Å². The molecule has 0 atom stereocenters. The molecule has 0 spiro atoms. The van der Waals surface area contributed by atoms with Gasteiger partial charge in [0.15, 0.2) is 0 Å². The predicted octanol–water partition coefficient (Wildman–Crippen LogP) is 3.11.